The zero-order valence-corrected chi connectivity index (χ0v) is 18.7. The lowest BCUT2D eigenvalue weighted by molar-refractivity contribution is -0.166. The molecule has 0 aliphatic heterocycles. The molecule has 0 radical (unpaired) electrons. The maximum atomic E-state index is 12.7. The van der Waals surface area contributed by atoms with Gasteiger partial charge in [0.15, 0.2) is 6.10 Å². The van der Waals surface area contributed by atoms with Crippen LogP contribution in [0.3, 0.4) is 0 Å². The van der Waals surface area contributed by atoms with Gasteiger partial charge in [-0.2, -0.15) is 0 Å². The first-order chi connectivity index (χ1) is 14.3. The number of amides is 1. The molecule has 0 spiro atoms. The molecule has 2 aromatic carbocycles. The van der Waals surface area contributed by atoms with E-state index in [1.165, 1.54) is 5.56 Å². The van der Waals surface area contributed by atoms with Crippen molar-refractivity contribution in [2.75, 3.05) is 13.2 Å². The molecular weight excluding hydrogens is 378 g/mol. The smallest absolute Gasteiger partial charge is 0.339 e. The number of carbonyl (C=O) groups excluding carboxylic acids is 2. The van der Waals surface area contributed by atoms with E-state index in [-0.39, 0.29) is 5.97 Å². The van der Waals surface area contributed by atoms with E-state index in [4.69, 9.17) is 9.47 Å². The van der Waals surface area contributed by atoms with E-state index >= 15 is 0 Å². The van der Waals surface area contributed by atoms with E-state index in [1.54, 1.807) is 6.92 Å². The number of hydrogen-bond donors (Lipinski definition) is 1. The molecule has 1 unspecified atom stereocenters. The van der Waals surface area contributed by atoms with Gasteiger partial charge in [-0.3, -0.25) is 4.79 Å². The van der Waals surface area contributed by atoms with Crippen LogP contribution in [0.1, 0.15) is 61.6 Å². The van der Waals surface area contributed by atoms with Crippen LogP contribution in [-0.4, -0.2) is 31.1 Å². The fraction of sp³-hybridized carbons (Fsp3) is 0.440. The third-order valence-corrected chi connectivity index (χ3v) is 4.84. The summed E-state index contributed by atoms with van der Waals surface area (Å²) in [6, 6.07) is 14.2. The molecule has 5 heteroatoms. The van der Waals surface area contributed by atoms with Crippen LogP contribution < -0.4 is 5.32 Å². The Labute approximate surface area is 179 Å². The number of carbonyl (C=O) groups is 2. The second-order valence-electron chi connectivity index (χ2n) is 8.26. The van der Waals surface area contributed by atoms with Crippen LogP contribution in [0.4, 0.5) is 0 Å². The van der Waals surface area contributed by atoms with Gasteiger partial charge in [0, 0.05) is 6.54 Å². The molecule has 1 amide bonds. The Balaban J connectivity index is 2.51. The second kappa shape index (κ2) is 10.9. The van der Waals surface area contributed by atoms with Gasteiger partial charge in [0.1, 0.15) is 0 Å². The molecule has 0 aromatic heterocycles. The molecule has 1 N–H and O–H groups in total. The Kier molecular flexibility index (Phi) is 8.60. The summed E-state index contributed by atoms with van der Waals surface area (Å²) in [5, 5.41) is 2.73. The maximum Gasteiger partial charge on any atom is 0.339 e. The molecule has 1 atom stereocenters. The zero-order valence-electron chi connectivity index (χ0n) is 18.7. The number of benzene rings is 2. The summed E-state index contributed by atoms with van der Waals surface area (Å²) in [4.78, 5) is 23.4. The highest BCUT2D eigenvalue weighted by molar-refractivity contribution is 5.77. The van der Waals surface area contributed by atoms with Crippen LogP contribution in [0.2, 0.25) is 0 Å². The topological polar surface area (TPSA) is 64.6 Å². The Bertz CT molecular complexity index is 840. The largest absolute Gasteiger partial charge is 0.464 e. The van der Waals surface area contributed by atoms with Gasteiger partial charge < -0.3 is 14.8 Å². The van der Waals surface area contributed by atoms with Crippen molar-refractivity contribution in [2.45, 2.75) is 59.2 Å². The molecule has 162 valence electrons. The third-order valence-electron chi connectivity index (χ3n) is 4.84. The lowest BCUT2D eigenvalue weighted by Gasteiger charge is -2.28. The first-order valence-electron chi connectivity index (χ1n) is 10.4. The molecule has 30 heavy (non-hydrogen) atoms. The Morgan fingerprint density at radius 3 is 2.43 bits per heavy atom. The highest BCUT2D eigenvalue weighted by Gasteiger charge is 2.30. The lowest BCUT2D eigenvalue weighted by Crippen LogP contribution is -2.29. The third kappa shape index (κ3) is 6.70. The van der Waals surface area contributed by atoms with Crippen molar-refractivity contribution in [3.8, 4) is 0 Å². The predicted octanol–water partition coefficient (Wildman–Crippen LogP) is 4.29. The van der Waals surface area contributed by atoms with Crippen LogP contribution in [-0.2, 0) is 31.9 Å². The summed E-state index contributed by atoms with van der Waals surface area (Å²) in [6.07, 6.45) is 1.38. The lowest BCUT2D eigenvalue weighted by atomic mass is 9.88. The summed E-state index contributed by atoms with van der Waals surface area (Å²) in [7, 11) is 0. The Morgan fingerprint density at radius 1 is 1.13 bits per heavy atom. The number of rotatable bonds is 10. The average molecular weight is 412 g/mol. The van der Waals surface area contributed by atoms with Crippen LogP contribution in [0.5, 0.6) is 0 Å². The summed E-state index contributed by atoms with van der Waals surface area (Å²) < 4.78 is 11.4. The monoisotopic (exact) mass is 411 g/mol. The molecule has 0 saturated carbocycles. The Morgan fingerprint density at radius 2 is 1.83 bits per heavy atom. The molecular formula is C25H33NO4. The zero-order chi connectivity index (χ0) is 22.1. The number of esters is 1. The van der Waals surface area contributed by atoms with E-state index in [1.807, 2.05) is 58.0 Å². The van der Waals surface area contributed by atoms with Crippen molar-refractivity contribution in [3.63, 3.8) is 0 Å². The predicted molar refractivity (Wildman–Crippen MR) is 118 cm³/mol. The Hall–Kier alpha value is -2.66. The van der Waals surface area contributed by atoms with Gasteiger partial charge in [-0.05, 0) is 75.3 Å². The molecule has 0 fully saturated rings. The SMILES string of the molecule is CCOC(=O)C(OC(C)(C)C)c1ccc(CCNC=O)c(Cc2ccccc2)c1C. The van der Waals surface area contributed by atoms with Crippen molar-refractivity contribution in [2.24, 2.45) is 0 Å². The van der Waals surface area contributed by atoms with Gasteiger partial charge in [0.25, 0.3) is 0 Å². The van der Waals surface area contributed by atoms with Gasteiger partial charge in [-0.1, -0.05) is 42.5 Å². The molecule has 2 aromatic rings. The minimum Gasteiger partial charge on any atom is -0.464 e. The van der Waals surface area contributed by atoms with Gasteiger partial charge in [0.05, 0.1) is 12.2 Å². The number of ether oxygens (including phenoxy) is 2. The van der Waals surface area contributed by atoms with Gasteiger partial charge in [-0.25, -0.2) is 4.79 Å². The van der Waals surface area contributed by atoms with Crippen LogP contribution in [0, 0.1) is 6.92 Å². The first kappa shape index (κ1) is 23.6. The van der Waals surface area contributed by atoms with Crippen molar-refractivity contribution in [1.29, 1.82) is 0 Å². The molecule has 0 aliphatic rings. The number of hydrogen-bond acceptors (Lipinski definition) is 4. The highest BCUT2D eigenvalue weighted by atomic mass is 16.6. The average Bonchev–Trinajstić information content (AvgIpc) is 2.69. The summed E-state index contributed by atoms with van der Waals surface area (Å²) in [5.41, 5.74) is 4.82. The van der Waals surface area contributed by atoms with Crippen molar-refractivity contribution >= 4 is 12.4 Å². The van der Waals surface area contributed by atoms with Gasteiger partial charge >= 0.3 is 5.97 Å². The molecule has 0 heterocycles. The van der Waals surface area contributed by atoms with Crippen molar-refractivity contribution in [1.82, 2.24) is 5.32 Å². The molecule has 0 bridgehead atoms. The van der Waals surface area contributed by atoms with Crippen molar-refractivity contribution in [3.05, 3.63) is 70.3 Å². The highest BCUT2D eigenvalue weighted by Crippen LogP contribution is 2.32. The minimum absolute atomic E-state index is 0.300. The molecule has 5 nitrogen and oxygen atoms in total. The minimum atomic E-state index is -0.790. The van der Waals surface area contributed by atoms with E-state index in [2.05, 4.69) is 17.4 Å². The number of nitrogens with one attached hydrogen (secondary N) is 1. The van der Waals surface area contributed by atoms with Gasteiger partial charge in [-0.15, -0.1) is 0 Å². The first-order valence-corrected chi connectivity index (χ1v) is 10.4. The fourth-order valence-corrected chi connectivity index (χ4v) is 3.47. The van der Waals surface area contributed by atoms with Crippen LogP contribution in [0.15, 0.2) is 42.5 Å². The maximum absolute atomic E-state index is 12.7. The van der Waals surface area contributed by atoms with Gasteiger partial charge in [0.2, 0.25) is 6.41 Å². The molecule has 0 saturated heterocycles. The second-order valence-corrected chi connectivity index (χ2v) is 8.26. The normalized spacial score (nSPS) is 12.3. The standard InChI is InChI=1S/C25H33NO4/c1-6-29-24(28)23(30-25(3,4)5)21-13-12-20(14-15-26-17-27)22(18(21)2)16-19-10-8-7-9-11-19/h7-13,17,23H,6,14-16H2,1-5H3,(H,26,27). The molecule has 2 rings (SSSR count). The van der Waals surface area contributed by atoms with E-state index in [9.17, 15) is 9.59 Å². The van der Waals surface area contributed by atoms with Crippen LogP contribution in [0.25, 0.3) is 0 Å². The molecule has 0 aliphatic carbocycles. The summed E-state index contributed by atoms with van der Waals surface area (Å²) in [5.74, 6) is -0.378. The van der Waals surface area contributed by atoms with E-state index < -0.39 is 11.7 Å². The van der Waals surface area contributed by atoms with Crippen LogP contribution >= 0.6 is 0 Å². The van der Waals surface area contributed by atoms with E-state index in [0.717, 1.165) is 28.7 Å². The summed E-state index contributed by atoms with van der Waals surface area (Å²) >= 11 is 0. The quantitative estimate of drug-likeness (QED) is 0.360. The summed E-state index contributed by atoms with van der Waals surface area (Å²) in [6.45, 7) is 10.5. The fourth-order valence-electron chi connectivity index (χ4n) is 3.47. The van der Waals surface area contributed by atoms with Crippen molar-refractivity contribution < 1.29 is 19.1 Å². The van der Waals surface area contributed by atoms with E-state index in [0.29, 0.717) is 26.0 Å².